The Hall–Kier alpha value is -1.94. The Balaban J connectivity index is 2.40. The fourth-order valence-electron chi connectivity index (χ4n) is 1.38. The molecule has 1 aromatic heterocycles. The fourth-order valence-corrected chi connectivity index (χ4v) is 1.54. The first kappa shape index (κ1) is 11.5. The van der Waals surface area contributed by atoms with Crippen LogP contribution in [0.1, 0.15) is 0 Å². The van der Waals surface area contributed by atoms with Crippen molar-refractivity contribution >= 4 is 29.5 Å². The Bertz CT molecular complexity index is 530. The van der Waals surface area contributed by atoms with Crippen LogP contribution in [-0.4, -0.2) is 11.4 Å². The minimum absolute atomic E-state index is 0.288. The molecule has 0 aliphatic carbocycles. The van der Waals surface area contributed by atoms with Crippen molar-refractivity contribution in [3.63, 3.8) is 0 Å². The van der Waals surface area contributed by atoms with Gasteiger partial charge in [0.2, 0.25) is 6.41 Å². The second-order valence-electron chi connectivity index (χ2n) is 3.27. The van der Waals surface area contributed by atoms with E-state index in [1.54, 1.807) is 18.2 Å². The van der Waals surface area contributed by atoms with Crippen LogP contribution in [0.25, 0.3) is 0 Å². The van der Waals surface area contributed by atoms with E-state index in [4.69, 9.17) is 11.6 Å². The maximum absolute atomic E-state index is 12.8. The highest BCUT2D eigenvalue weighted by atomic mass is 35.5. The lowest BCUT2D eigenvalue weighted by molar-refractivity contribution is -0.106. The first-order chi connectivity index (χ1) is 8.20. The average molecular weight is 251 g/mol. The molecule has 86 valence electrons. The number of hydrogen-bond acceptors (Lipinski definition) is 2. The predicted octanol–water partition coefficient (Wildman–Crippen LogP) is 3.17. The highest BCUT2D eigenvalue weighted by Gasteiger charge is 2.09. The first-order valence-corrected chi connectivity index (χ1v) is 5.21. The topological polar surface area (TPSA) is 33.2 Å². The van der Waals surface area contributed by atoms with Crippen LogP contribution in [0.5, 0.6) is 0 Å². The molecule has 0 saturated heterocycles. The number of hydrogen-bond donors (Lipinski definition) is 0. The van der Waals surface area contributed by atoms with E-state index in [1.165, 1.54) is 29.2 Å². The van der Waals surface area contributed by atoms with Crippen LogP contribution < -0.4 is 4.90 Å². The van der Waals surface area contributed by atoms with Gasteiger partial charge in [0.1, 0.15) is 16.8 Å². The third kappa shape index (κ3) is 2.60. The van der Waals surface area contributed by atoms with Crippen LogP contribution in [0.4, 0.5) is 15.9 Å². The van der Waals surface area contributed by atoms with Crippen molar-refractivity contribution in [2.75, 3.05) is 4.90 Å². The van der Waals surface area contributed by atoms with Gasteiger partial charge in [-0.2, -0.15) is 0 Å². The van der Waals surface area contributed by atoms with Gasteiger partial charge < -0.3 is 0 Å². The zero-order valence-corrected chi connectivity index (χ0v) is 9.43. The van der Waals surface area contributed by atoms with Gasteiger partial charge in [-0.25, -0.2) is 9.37 Å². The number of anilines is 2. The van der Waals surface area contributed by atoms with Gasteiger partial charge in [-0.05, 0) is 36.4 Å². The van der Waals surface area contributed by atoms with E-state index in [2.05, 4.69) is 4.98 Å². The largest absolute Gasteiger partial charge is 0.278 e. The highest BCUT2D eigenvalue weighted by Crippen LogP contribution is 2.23. The lowest BCUT2D eigenvalue weighted by Gasteiger charge is -2.16. The van der Waals surface area contributed by atoms with E-state index in [9.17, 15) is 9.18 Å². The van der Waals surface area contributed by atoms with Gasteiger partial charge in [0.25, 0.3) is 0 Å². The summed E-state index contributed by atoms with van der Waals surface area (Å²) in [5.74, 6) is 0.0257. The molecule has 5 heteroatoms. The molecule has 0 N–H and O–H groups in total. The van der Waals surface area contributed by atoms with E-state index in [0.717, 1.165) is 0 Å². The lowest BCUT2D eigenvalue weighted by Crippen LogP contribution is -2.15. The van der Waals surface area contributed by atoms with Crippen molar-refractivity contribution in [1.82, 2.24) is 4.98 Å². The van der Waals surface area contributed by atoms with Crippen molar-refractivity contribution in [1.29, 1.82) is 0 Å². The SMILES string of the molecule is O=CN(c1ccc(F)cc1)c1cccc(Cl)n1. The highest BCUT2D eigenvalue weighted by molar-refractivity contribution is 6.29. The standard InChI is InChI=1S/C12H8ClFN2O/c13-11-2-1-3-12(15-11)16(8-17)10-6-4-9(14)5-7-10/h1-8H. The van der Waals surface area contributed by atoms with Gasteiger partial charge in [0.05, 0.1) is 5.69 Å². The summed E-state index contributed by atoms with van der Waals surface area (Å²) in [6, 6.07) is 10.5. The number of amides is 1. The molecule has 1 heterocycles. The zero-order valence-electron chi connectivity index (χ0n) is 8.68. The van der Waals surface area contributed by atoms with Crippen LogP contribution in [0, 0.1) is 5.82 Å². The van der Waals surface area contributed by atoms with Crippen molar-refractivity contribution in [2.45, 2.75) is 0 Å². The molecule has 0 atom stereocenters. The second kappa shape index (κ2) is 4.93. The predicted molar refractivity (Wildman–Crippen MR) is 63.9 cm³/mol. The smallest absolute Gasteiger partial charge is 0.219 e. The van der Waals surface area contributed by atoms with Crippen molar-refractivity contribution < 1.29 is 9.18 Å². The third-order valence-corrected chi connectivity index (χ3v) is 2.37. The lowest BCUT2D eigenvalue weighted by atomic mass is 10.3. The number of aromatic nitrogens is 1. The Morgan fingerprint density at radius 2 is 1.88 bits per heavy atom. The molecular weight excluding hydrogens is 243 g/mol. The summed E-state index contributed by atoms with van der Waals surface area (Å²) < 4.78 is 12.8. The molecule has 0 spiro atoms. The summed E-state index contributed by atoms with van der Waals surface area (Å²) in [4.78, 5) is 16.3. The molecule has 0 bridgehead atoms. The molecule has 2 rings (SSSR count). The van der Waals surface area contributed by atoms with E-state index in [0.29, 0.717) is 17.9 Å². The summed E-state index contributed by atoms with van der Waals surface area (Å²) in [5.41, 5.74) is 0.524. The molecule has 3 nitrogen and oxygen atoms in total. The molecule has 1 aromatic carbocycles. The van der Waals surface area contributed by atoms with Crippen LogP contribution in [0.15, 0.2) is 42.5 Å². The Labute approximate surface area is 102 Å². The number of carbonyl (C=O) groups excluding carboxylic acids is 1. The zero-order chi connectivity index (χ0) is 12.3. The maximum Gasteiger partial charge on any atom is 0.219 e. The molecule has 17 heavy (non-hydrogen) atoms. The molecule has 2 aromatic rings. The normalized spacial score (nSPS) is 10.0. The molecule has 0 aliphatic heterocycles. The summed E-state index contributed by atoms with van der Waals surface area (Å²) in [5, 5.41) is 0.288. The summed E-state index contributed by atoms with van der Waals surface area (Å²) >= 11 is 5.74. The third-order valence-electron chi connectivity index (χ3n) is 2.16. The number of halogens is 2. The van der Waals surface area contributed by atoms with Crippen LogP contribution in [0.2, 0.25) is 5.15 Å². The first-order valence-electron chi connectivity index (χ1n) is 4.83. The van der Waals surface area contributed by atoms with Crippen molar-refractivity contribution in [3.05, 3.63) is 53.4 Å². The van der Waals surface area contributed by atoms with E-state index < -0.39 is 0 Å². The van der Waals surface area contributed by atoms with Crippen LogP contribution >= 0.6 is 11.6 Å². The quantitative estimate of drug-likeness (QED) is 0.619. The van der Waals surface area contributed by atoms with E-state index in [1.807, 2.05) is 0 Å². The maximum atomic E-state index is 12.8. The second-order valence-corrected chi connectivity index (χ2v) is 3.66. The van der Waals surface area contributed by atoms with Gasteiger partial charge in [-0.3, -0.25) is 9.69 Å². The van der Waals surface area contributed by atoms with Gasteiger partial charge in [0, 0.05) is 0 Å². The molecular formula is C12H8ClFN2O. The van der Waals surface area contributed by atoms with Crippen LogP contribution in [0.3, 0.4) is 0 Å². The molecule has 1 amide bonds. The summed E-state index contributed by atoms with van der Waals surface area (Å²) in [7, 11) is 0. The molecule has 0 aliphatic rings. The molecule has 0 radical (unpaired) electrons. The number of benzene rings is 1. The Morgan fingerprint density at radius 1 is 1.18 bits per heavy atom. The van der Waals surface area contributed by atoms with Crippen LogP contribution in [-0.2, 0) is 4.79 Å². The Kier molecular flexibility index (Phi) is 3.35. The monoisotopic (exact) mass is 250 g/mol. The van der Waals surface area contributed by atoms with Crippen molar-refractivity contribution in [3.8, 4) is 0 Å². The van der Waals surface area contributed by atoms with Crippen molar-refractivity contribution in [2.24, 2.45) is 0 Å². The minimum Gasteiger partial charge on any atom is -0.278 e. The van der Waals surface area contributed by atoms with Gasteiger partial charge in [-0.1, -0.05) is 17.7 Å². The van der Waals surface area contributed by atoms with E-state index in [-0.39, 0.29) is 11.0 Å². The van der Waals surface area contributed by atoms with Gasteiger partial charge in [-0.15, -0.1) is 0 Å². The van der Waals surface area contributed by atoms with Gasteiger partial charge in [0.15, 0.2) is 0 Å². The molecule has 0 saturated carbocycles. The molecule has 0 fully saturated rings. The number of nitrogens with zero attached hydrogens (tertiary/aromatic N) is 2. The summed E-state index contributed by atoms with van der Waals surface area (Å²) in [6.07, 6.45) is 0.603. The average Bonchev–Trinajstić information content (AvgIpc) is 2.33. The fraction of sp³-hybridized carbons (Fsp3) is 0. The van der Waals surface area contributed by atoms with E-state index >= 15 is 0 Å². The minimum atomic E-state index is -0.362. The van der Waals surface area contributed by atoms with Gasteiger partial charge >= 0.3 is 0 Å². The molecule has 0 unspecified atom stereocenters. The number of carbonyl (C=O) groups is 1. The number of rotatable bonds is 3. The summed E-state index contributed by atoms with van der Waals surface area (Å²) in [6.45, 7) is 0. The number of pyridine rings is 1. The Morgan fingerprint density at radius 3 is 2.47 bits per heavy atom.